The van der Waals surface area contributed by atoms with Crippen molar-refractivity contribution in [2.45, 2.75) is 44.1 Å². The molecule has 3 aromatic rings. The van der Waals surface area contributed by atoms with E-state index >= 15 is 0 Å². The number of hydrogen-bond donors (Lipinski definition) is 2. The van der Waals surface area contributed by atoms with Crippen molar-refractivity contribution in [1.29, 1.82) is 0 Å². The number of benzene rings is 2. The van der Waals surface area contributed by atoms with Gasteiger partial charge in [0.2, 0.25) is 0 Å². The van der Waals surface area contributed by atoms with Crippen LogP contribution in [0.3, 0.4) is 0 Å². The summed E-state index contributed by atoms with van der Waals surface area (Å²) in [6.07, 6.45) is -0.996. The second-order valence-corrected chi connectivity index (χ2v) is 9.07. The standard InChI is InChI=1S/C23H20F3N3O4/c24-23(25,26)33-16-6-4-14(5-7-16)10-29-19-15(9-27-29)2-1-3-17(19)20(32)28-22-11-21(12-22,13-22)8-18(30)31/h1-7,9H,8,10-13H2,(H,28,32)(H,30,31). The van der Waals surface area contributed by atoms with Crippen LogP contribution in [0.4, 0.5) is 13.2 Å². The van der Waals surface area contributed by atoms with Crippen LogP contribution in [0, 0.1) is 5.41 Å². The van der Waals surface area contributed by atoms with E-state index in [2.05, 4.69) is 15.2 Å². The first-order chi connectivity index (χ1) is 15.6. The number of amides is 1. The number of aliphatic carboxylic acids is 1. The molecule has 0 unspecified atom stereocenters. The molecule has 0 saturated heterocycles. The van der Waals surface area contributed by atoms with E-state index in [1.54, 1.807) is 23.0 Å². The van der Waals surface area contributed by atoms with Gasteiger partial charge in [-0.3, -0.25) is 14.3 Å². The fraction of sp³-hybridized carbons (Fsp3) is 0.348. The zero-order valence-electron chi connectivity index (χ0n) is 17.4. The Kier molecular flexibility index (Phi) is 4.66. The van der Waals surface area contributed by atoms with Crippen molar-refractivity contribution in [2.75, 3.05) is 0 Å². The van der Waals surface area contributed by atoms with E-state index in [1.165, 1.54) is 24.3 Å². The normalized spacial score (nSPS) is 23.5. The summed E-state index contributed by atoms with van der Waals surface area (Å²) in [4.78, 5) is 24.1. The predicted molar refractivity (Wildman–Crippen MR) is 111 cm³/mol. The summed E-state index contributed by atoms with van der Waals surface area (Å²) in [5.41, 5.74) is 1.24. The van der Waals surface area contributed by atoms with Crippen molar-refractivity contribution in [1.82, 2.24) is 15.1 Å². The topological polar surface area (TPSA) is 93.5 Å². The zero-order valence-corrected chi connectivity index (χ0v) is 17.4. The molecule has 1 heterocycles. The van der Waals surface area contributed by atoms with Crippen LogP contribution in [0.1, 0.15) is 41.6 Å². The van der Waals surface area contributed by atoms with Crippen molar-refractivity contribution in [2.24, 2.45) is 5.41 Å². The molecule has 7 nitrogen and oxygen atoms in total. The third-order valence-electron chi connectivity index (χ3n) is 6.44. The minimum atomic E-state index is -4.75. The third-order valence-corrected chi connectivity index (χ3v) is 6.44. The fourth-order valence-electron chi connectivity index (χ4n) is 5.36. The van der Waals surface area contributed by atoms with Gasteiger partial charge in [-0.25, -0.2) is 0 Å². The van der Waals surface area contributed by atoms with Gasteiger partial charge in [-0.15, -0.1) is 13.2 Å². The first-order valence-electron chi connectivity index (χ1n) is 10.4. The third kappa shape index (κ3) is 4.01. The number of ether oxygens (including phenoxy) is 1. The lowest BCUT2D eigenvalue weighted by Crippen LogP contribution is -2.75. The summed E-state index contributed by atoms with van der Waals surface area (Å²) in [5, 5.41) is 17.2. The number of carboxylic acids is 1. The quantitative estimate of drug-likeness (QED) is 0.555. The van der Waals surface area contributed by atoms with Crippen LogP contribution >= 0.6 is 0 Å². The first kappa shape index (κ1) is 21.3. The smallest absolute Gasteiger partial charge is 0.481 e. The highest BCUT2D eigenvalue weighted by Gasteiger charge is 2.68. The Bertz CT molecular complexity index is 1230. The second-order valence-electron chi connectivity index (χ2n) is 9.07. The van der Waals surface area contributed by atoms with Crippen molar-refractivity contribution in [3.8, 4) is 5.75 Å². The van der Waals surface area contributed by atoms with Gasteiger partial charge in [0, 0.05) is 10.9 Å². The largest absolute Gasteiger partial charge is 0.573 e. The predicted octanol–water partition coefficient (Wildman–Crippen LogP) is 4.11. The summed E-state index contributed by atoms with van der Waals surface area (Å²) in [6, 6.07) is 10.8. The molecule has 1 aromatic heterocycles. The molecule has 10 heteroatoms. The van der Waals surface area contributed by atoms with Gasteiger partial charge in [-0.05, 0) is 48.4 Å². The Morgan fingerprint density at radius 1 is 1.12 bits per heavy atom. The van der Waals surface area contributed by atoms with E-state index in [4.69, 9.17) is 5.11 Å². The number of carbonyl (C=O) groups is 2. The van der Waals surface area contributed by atoms with Gasteiger partial charge in [0.25, 0.3) is 5.91 Å². The highest BCUT2D eigenvalue weighted by atomic mass is 19.4. The molecule has 2 aromatic carbocycles. The number of fused-ring (bicyclic) bond motifs is 1. The maximum atomic E-state index is 13.1. The lowest BCUT2D eigenvalue weighted by atomic mass is 9.38. The molecule has 0 atom stereocenters. The Balaban J connectivity index is 1.33. The second kappa shape index (κ2) is 7.23. The van der Waals surface area contributed by atoms with E-state index in [9.17, 15) is 22.8 Å². The number of rotatable bonds is 7. The molecular weight excluding hydrogens is 439 g/mol. The molecule has 2 N–H and O–H groups in total. The molecule has 33 heavy (non-hydrogen) atoms. The molecule has 6 rings (SSSR count). The summed E-state index contributed by atoms with van der Waals surface area (Å²) >= 11 is 0. The van der Waals surface area contributed by atoms with Gasteiger partial charge in [0.1, 0.15) is 5.75 Å². The fourth-order valence-corrected chi connectivity index (χ4v) is 5.36. The highest BCUT2D eigenvalue weighted by molar-refractivity contribution is 6.06. The lowest BCUT2D eigenvalue weighted by molar-refractivity contribution is -0.274. The minimum Gasteiger partial charge on any atom is -0.481 e. The highest BCUT2D eigenvalue weighted by Crippen LogP contribution is 2.69. The molecular formula is C23H20F3N3O4. The molecule has 3 saturated carbocycles. The van der Waals surface area contributed by atoms with E-state index in [1.807, 2.05) is 6.07 Å². The molecule has 3 aliphatic rings. The lowest BCUT2D eigenvalue weighted by Gasteiger charge is -2.70. The number of carbonyl (C=O) groups excluding carboxylic acids is 1. The number of hydrogen-bond acceptors (Lipinski definition) is 4. The number of carboxylic acid groups (broad SMARTS) is 1. The number of alkyl halides is 3. The molecule has 1 amide bonds. The van der Waals surface area contributed by atoms with E-state index in [0.717, 1.165) is 5.39 Å². The minimum absolute atomic E-state index is 0.125. The number of halogens is 3. The summed E-state index contributed by atoms with van der Waals surface area (Å²) in [6.45, 7) is 0.257. The van der Waals surface area contributed by atoms with Crippen LogP contribution in [0.15, 0.2) is 48.7 Å². The van der Waals surface area contributed by atoms with Gasteiger partial charge < -0.3 is 15.2 Å². The van der Waals surface area contributed by atoms with Gasteiger partial charge in [0.15, 0.2) is 0 Å². The maximum absolute atomic E-state index is 13.1. The molecule has 0 aliphatic heterocycles. The van der Waals surface area contributed by atoms with Crippen LogP contribution in [0.5, 0.6) is 5.75 Å². The Hall–Kier alpha value is -3.56. The van der Waals surface area contributed by atoms with Gasteiger partial charge in [-0.2, -0.15) is 5.10 Å². The number of nitrogens with one attached hydrogen (secondary N) is 1. The molecule has 172 valence electrons. The number of aromatic nitrogens is 2. The summed E-state index contributed by atoms with van der Waals surface area (Å²) in [7, 11) is 0. The van der Waals surface area contributed by atoms with Crippen molar-refractivity contribution >= 4 is 22.8 Å². The van der Waals surface area contributed by atoms with Crippen molar-refractivity contribution in [3.05, 3.63) is 59.8 Å². The Morgan fingerprint density at radius 3 is 2.45 bits per heavy atom. The molecule has 0 spiro atoms. The average Bonchev–Trinajstić information content (AvgIpc) is 3.08. The van der Waals surface area contributed by atoms with E-state index in [0.29, 0.717) is 35.9 Å². The zero-order chi connectivity index (χ0) is 23.4. The molecule has 0 radical (unpaired) electrons. The molecule has 2 bridgehead atoms. The van der Waals surface area contributed by atoms with Gasteiger partial charge in [0.05, 0.1) is 30.2 Å². The maximum Gasteiger partial charge on any atom is 0.573 e. The van der Waals surface area contributed by atoms with E-state index in [-0.39, 0.29) is 35.6 Å². The van der Waals surface area contributed by atoms with Gasteiger partial charge in [-0.1, -0.05) is 24.3 Å². The van der Waals surface area contributed by atoms with E-state index < -0.39 is 12.3 Å². The average molecular weight is 459 g/mol. The van der Waals surface area contributed by atoms with Crippen LogP contribution in [0.25, 0.3) is 10.9 Å². The van der Waals surface area contributed by atoms with Gasteiger partial charge >= 0.3 is 12.3 Å². The Morgan fingerprint density at radius 2 is 1.82 bits per heavy atom. The van der Waals surface area contributed by atoms with Crippen molar-refractivity contribution in [3.63, 3.8) is 0 Å². The SMILES string of the molecule is O=C(O)CC12CC(NC(=O)c3cccc4cnn(Cc5ccc(OC(F)(F)F)cc5)c34)(C1)C2. The summed E-state index contributed by atoms with van der Waals surface area (Å²) in [5.74, 6) is -1.38. The van der Waals surface area contributed by atoms with Crippen LogP contribution in [-0.4, -0.2) is 38.7 Å². The number of nitrogens with zero attached hydrogens (tertiary/aromatic N) is 2. The molecule has 3 fully saturated rings. The van der Waals surface area contributed by atoms with Crippen LogP contribution in [-0.2, 0) is 11.3 Å². The molecule has 3 aliphatic carbocycles. The Labute approximate surface area is 186 Å². The van der Waals surface area contributed by atoms with Crippen LogP contribution < -0.4 is 10.1 Å². The van der Waals surface area contributed by atoms with Crippen LogP contribution in [0.2, 0.25) is 0 Å². The first-order valence-corrected chi connectivity index (χ1v) is 10.4. The number of para-hydroxylation sites is 1. The van der Waals surface area contributed by atoms with Crippen molar-refractivity contribution < 1.29 is 32.6 Å². The summed E-state index contributed by atoms with van der Waals surface area (Å²) < 4.78 is 42.6. The monoisotopic (exact) mass is 459 g/mol.